The van der Waals surface area contributed by atoms with Crippen LogP contribution in [0.15, 0.2) is 46.9 Å². The molecule has 0 saturated heterocycles. The van der Waals surface area contributed by atoms with Crippen molar-refractivity contribution < 1.29 is 9.15 Å². The zero-order chi connectivity index (χ0) is 14.7. The third-order valence-electron chi connectivity index (χ3n) is 3.41. The summed E-state index contributed by atoms with van der Waals surface area (Å²) in [6, 6.07) is 13.9. The van der Waals surface area contributed by atoms with Gasteiger partial charge in [0, 0.05) is 5.56 Å². The van der Waals surface area contributed by atoms with Crippen LogP contribution >= 0.6 is 0 Å². The molecule has 0 aliphatic rings. The van der Waals surface area contributed by atoms with E-state index in [9.17, 15) is 0 Å². The van der Waals surface area contributed by atoms with Gasteiger partial charge in [0.05, 0.1) is 6.61 Å². The first kappa shape index (κ1) is 13.7. The first-order valence-corrected chi connectivity index (χ1v) is 7.36. The van der Waals surface area contributed by atoms with Gasteiger partial charge >= 0.3 is 0 Å². The number of ether oxygens (including phenoxy) is 1. The van der Waals surface area contributed by atoms with Crippen LogP contribution in [0, 0.1) is 6.92 Å². The maximum atomic E-state index is 5.82. The first-order valence-electron chi connectivity index (χ1n) is 7.36. The highest BCUT2D eigenvalue weighted by atomic mass is 16.5. The van der Waals surface area contributed by atoms with E-state index in [0.717, 1.165) is 41.9 Å². The number of nitrogens with zero attached hydrogens (tertiary/aromatic N) is 1. The van der Waals surface area contributed by atoms with Gasteiger partial charge in [-0.25, -0.2) is 4.98 Å². The number of hydrogen-bond acceptors (Lipinski definition) is 3. The van der Waals surface area contributed by atoms with Crippen LogP contribution in [0.4, 0.5) is 0 Å². The molecule has 0 spiro atoms. The van der Waals surface area contributed by atoms with Crippen molar-refractivity contribution in [3.8, 4) is 17.2 Å². The van der Waals surface area contributed by atoms with Crippen molar-refractivity contribution in [3.05, 3.63) is 48.0 Å². The van der Waals surface area contributed by atoms with Crippen LogP contribution < -0.4 is 4.74 Å². The molecule has 0 aliphatic heterocycles. The third kappa shape index (κ3) is 3.07. The Kier molecular flexibility index (Phi) is 3.91. The van der Waals surface area contributed by atoms with E-state index in [4.69, 9.17) is 9.15 Å². The van der Waals surface area contributed by atoms with Crippen molar-refractivity contribution in [2.24, 2.45) is 0 Å². The number of aryl methyl sites for hydroxylation is 1. The predicted octanol–water partition coefficient (Wildman–Crippen LogP) is 4.98. The highest BCUT2D eigenvalue weighted by molar-refractivity contribution is 5.76. The Bertz CT molecular complexity index is 729. The number of hydrogen-bond donors (Lipinski definition) is 0. The molecular weight excluding hydrogens is 262 g/mol. The molecule has 3 aromatic rings. The van der Waals surface area contributed by atoms with Crippen LogP contribution in [0.5, 0.6) is 5.75 Å². The van der Waals surface area contributed by atoms with Crippen molar-refractivity contribution in [3.63, 3.8) is 0 Å². The summed E-state index contributed by atoms with van der Waals surface area (Å²) < 4.78 is 11.5. The molecule has 0 atom stereocenters. The number of fused-ring (bicyclic) bond motifs is 1. The summed E-state index contributed by atoms with van der Waals surface area (Å²) in [5, 5.41) is 0. The maximum Gasteiger partial charge on any atom is 0.227 e. The number of rotatable bonds is 5. The highest BCUT2D eigenvalue weighted by Crippen LogP contribution is 2.26. The van der Waals surface area contributed by atoms with E-state index in [1.54, 1.807) is 0 Å². The fourth-order valence-electron chi connectivity index (χ4n) is 2.18. The van der Waals surface area contributed by atoms with Crippen LogP contribution in [0.1, 0.15) is 25.3 Å². The van der Waals surface area contributed by atoms with Crippen molar-refractivity contribution in [1.29, 1.82) is 0 Å². The summed E-state index contributed by atoms with van der Waals surface area (Å²) in [7, 11) is 0. The lowest BCUT2D eigenvalue weighted by Gasteiger charge is -2.05. The van der Waals surface area contributed by atoms with E-state index >= 15 is 0 Å². The smallest absolute Gasteiger partial charge is 0.227 e. The van der Waals surface area contributed by atoms with E-state index in [2.05, 4.69) is 11.9 Å². The lowest BCUT2D eigenvalue weighted by atomic mass is 10.2. The summed E-state index contributed by atoms with van der Waals surface area (Å²) in [6.07, 6.45) is 2.21. The zero-order valence-corrected chi connectivity index (χ0v) is 12.4. The molecule has 1 aromatic heterocycles. The van der Waals surface area contributed by atoms with E-state index in [1.165, 1.54) is 5.56 Å². The van der Waals surface area contributed by atoms with Gasteiger partial charge in [-0.3, -0.25) is 0 Å². The molecule has 0 unspecified atom stereocenters. The molecule has 21 heavy (non-hydrogen) atoms. The minimum atomic E-state index is 0.649. The normalized spacial score (nSPS) is 11.0. The molecular formula is C18H19NO2. The molecule has 2 aromatic carbocycles. The average molecular weight is 281 g/mol. The molecule has 0 saturated carbocycles. The summed E-state index contributed by atoms with van der Waals surface area (Å²) >= 11 is 0. The Morgan fingerprint density at radius 1 is 1.10 bits per heavy atom. The Morgan fingerprint density at radius 2 is 1.90 bits per heavy atom. The fourth-order valence-corrected chi connectivity index (χ4v) is 2.18. The van der Waals surface area contributed by atoms with Gasteiger partial charge in [0.1, 0.15) is 11.3 Å². The van der Waals surface area contributed by atoms with Crippen LogP contribution in [-0.2, 0) is 0 Å². The van der Waals surface area contributed by atoms with Crippen molar-refractivity contribution >= 4 is 11.1 Å². The van der Waals surface area contributed by atoms with Crippen LogP contribution in [-0.4, -0.2) is 11.6 Å². The fraction of sp³-hybridized carbons (Fsp3) is 0.278. The van der Waals surface area contributed by atoms with Gasteiger partial charge in [0.2, 0.25) is 5.89 Å². The molecule has 0 aliphatic carbocycles. The molecule has 108 valence electrons. The number of aromatic nitrogens is 1. The Balaban J connectivity index is 1.81. The molecule has 0 bridgehead atoms. The summed E-state index contributed by atoms with van der Waals surface area (Å²) in [4.78, 5) is 4.52. The van der Waals surface area contributed by atoms with Crippen molar-refractivity contribution in [2.75, 3.05) is 6.61 Å². The summed E-state index contributed by atoms with van der Waals surface area (Å²) in [6.45, 7) is 4.96. The standard InChI is InChI=1S/C18H19NO2/c1-3-4-11-20-15-8-6-14(7-9-15)18-19-16-10-5-13(2)12-17(16)21-18/h5-10,12H,3-4,11H2,1-2H3. The Hall–Kier alpha value is -2.29. The SMILES string of the molecule is CCCCOc1ccc(-c2nc3ccc(C)cc3o2)cc1. The number of unbranched alkanes of at least 4 members (excludes halogenated alkanes) is 1. The lowest BCUT2D eigenvalue weighted by Crippen LogP contribution is -1.95. The monoisotopic (exact) mass is 281 g/mol. The largest absolute Gasteiger partial charge is 0.494 e. The highest BCUT2D eigenvalue weighted by Gasteiger charge is 2.08. The van der Waals surface area contributed by atoms with E-state index < -0.39 is 0 Å². The van der Waals surface area contributed by atoms with Gasteiger partial charge in [0.15, 0.2) is 5.58 Å². The third-order valence-corrected chi connectivity index (χ3v) is 3.41. The predicted molar refractivity (Wildman–Crippen MR) is 84.6 cm³/mol. The van der Waals surface area contributed by atoms with Gasteiger partial charge < -0.3 is 9.15 Å². The number of oxazole rings is 1. The number of benzene rings is 2. The molecule has 0 radical (unpaired) electrons. The van der Waals surface area contributed by atoms with Crippen molar-refractivity contribution in [1.82, 2.24) is 4.98 Å². The molecule has 0 amide bonds. The van der Waals surface area contributed by atoms with Gasteiger partial charge in [0.25, 0.3) is 0 Å². The maximum absolute atomic E-state index is 5.82. The quantitative estimate of drug-likeness (QED) is 0.618. The molecule has 3 heteroatoms. The molecule has 0 N–H and O–H groups in total. The Labute approximate surface area is 124 Å². The summed E-state index contributed by atoms with van der Waals surface area (Å²) in [5.41, 5.74) is 3.85. The molecule has 1 heterocycles. The van der Waals surface area contributed by atoms with Crippen LogP contribution in [0.3, 0.4) is 0 Å². The molecule has 0 fully saturated rings. The van der Waals surface area contributed by atoms with Gasteiger partial charge in [-0.1, -0.05) is 19.4 Å². The summed E-state index contributed by atoms with van der Waals surface area (Å²) in [5.74, 6) is 1.54. The minimum absolute atomic E-state index is 0.649. The first-order chi connectivity index (χ1) is 10.3. The van der Waals surface area contributed by atoms with Gasteiger partial charge in [-0.05, 0) is 55.3 Å². The molecule has 3 nitrogen and oxygen atoms in total. The van der Waals surface area contributed by atoms with E-state index in [1.807, 2.05) is 49.4 Å². The van der Waals surface area contributed by atoms with Gasteiger partial charge in [-0.15, -0.1) is 0 Å². The van der Waals surface area contributed by atoms with E-state index in [-0.39, 0.29) is 0 Å². The zero-order valence-electron chi connectivity index (χ0n) is 12.4. The molecule has 3 rings (SSSR count). The van der Waals surface area contributed by atoms with Gasteiger partial charge in [-0.2, -0.15) is 0 Å². The average Bonchev–Trinajstić information content (AvgIpc) is 2.91. The Morgan fingerprint density at radius 3 is 2.67 bits per heavy atom. The lowest BCUT2D eigenvalue weighted by molar-refractivity contribution is 0.309. The van der Waals surface area contributed by atoms with Crippen LogP contribution in [0.2, 0.25) is 0 Å². The van der Waals surface area contributed by atoms with E-state index in [0.29, 0.717) is 5.89 Å². The second-order valence-corrected chi connectivity index (χ2v) is 5.22. The minimum Gasteiger partial charge on any atom is -0.494 e. The topological polar surface area (TPSA) is 35.3 Å². The second-order valence-electron chi connectivity index (χ2n) is 5.22. The van der Waals surface area contributed by atoms with Crippen molar-refractivity contribution in [2.45, 2.75) is 26.7 Å². The van der Waals surface area contributed by atoms with Crippen LogP contribution in [0.25, 0.3) is 22.6 Å². The second kappa shape index (κ2) is 6.00.